The van der Waals surface area contributed by atoms with Crippen molar-refractivity contribution in [3.8, 4) is 11.5 Å². The molecular formula is C17H23N3O3. The van der Waals surface area contributed by atoms with Crippen LogP contribution in [0.3, 0.4) is 0 Å². The van der Waals surface area contributed by atoms with Crippen molar-refractivity contribution in [2.24, 2.45) is 5.92 Å². The lowest BCUT2D eigenvalue weighted by molar-refractivity contribution is 0.0918. The van der Waals surface area contributed by atoms with Crippen LogP contribution in [0.15, 0.2) is 33.4 Å². The molecule has 2 aromatic rings. The van der Waals surface area contributed by atoms with Gasteiger partial charge in [-0.3, -0.25) is 9.69 Å². The molecule has 1 unspecified atom stereocenters. The minimum absolute atomic E-state index is 0.212. The third-order valence-corrected chi connectivity index (χ3v) is 4.36. The molecule has 23 heavy (non-hydrogen) atoms. The minimum Gasteiger partial charge on any atom is -0.461 e. The molecule has 1 atom stereocenters. The summed E-state index contributed by atoms with van der Waals surface area (Å²) in [6, 6.07) is 5.50. The highest BCUT2D eigenvalue weighted by Gasteiger charge is 2.25. The van der Waals surface area contributed by atoms with Gasteiger partial charge in [0.15, 0.2) is 11.5 Å². The third kappa shape index (κ3) is 3.64. The van der Waals surface area contributed by atoms with E-state index < -0.39 is 0 Å². The van der Waals surface area contributed by atoms with E-state index in [9.17, 15) is 4.79 Å². The van der Waals surface area contributed by atoms with E-state index in [0.717, 1.165) is 13.1 Å². The van der Waals surface area contributed by atoms with Gasteiger partial charge in [-0.25, -0.2) is 0 Å². The number of carbonyl (C=O) groups excluding carboxylic acids is 1. The average Bonchev–Trinajstić information content (AvgIpc) is 3.27. The van der Waals surface area contributed by atoms with Gasteiger partial charge in [0.25, 0.3) is 5.91 Å². The Morgan fingerprint density at radius 3 is 2.78 bits per heavy atom. The Bertz CT molecular complexity index is 627. The molecule has 3 heterocycles. The Labute approximate surface area is 135 Å². The van der Waals surface area contributed by atoms with Gasteiger partial charge in [0.05, 0.1) is 6.26 Å². The Kier molecular flexibility index (Phi) is 4.81. The standard InChI is InChI=1S/C17H23N3O3/c1-12(2)14(20-7-3-4-8-20)11-18-17(21)13-10-16(23-19-13)15-6-5-9-22-15/h5-6,9-10,12,14H,3-4,7-8,11H2,1-2H3,(H,18,21). The zero-order valence-corrected chi connectivity index (χ0v) is 13.6. The normalized spacial score (nSPS) is 16.8. The summed E-state index contributed by atoms with van der Waals surface area (Å²) in [4.78, 5) is 14.7. The highest BCUT2D eigenvalue weighted by atomic mass is 16.5. The van der Waals surface area contributed by atoms with E-state index in [2.05, 4.69) is 29.2 Å². The van der Waals surface area contributed by atoms with Gasteiger partial charge >= 0.3 is 0 Å². The van der Waals surface area contributed by atoms with Crippen LogP contribution >= 0.6 is 0 Å². The molecule has 0 aliphatic carbocycles. The van der Waals surface area contributed by atoms with Gasteiger partial charge in [-0.2, -0.15) is 0 Å². The van der Waals surface area contributed by atoms with Gasteiger partial charge in [0.2, 0.25) is 5.76 Å². The number of amides is 1. The van der Waals surface area contributed by atoms with Gasteiger partial charge in [-0.05, 0) is 44.0 Å². The Balaban J connectivity index is 1.60. The molecule has 1 aliphatic rings. The maximum atomic E-state index is 12.3. The van der Waals surface area contributed by atoms with Crippen LogP contribution in [-0.2, 0) is 0 Å². The molecule has 6 heteroatoms. The lowest BCUT2D eigenvalue weighted by atomic mass is 10.0. The molecule has 124 valence electrons. The number of hydrogen-bond acceptors (Lipinski definition) is 5. The summed E-state index contributed by atoms with van der Waals surface area (Å²) < 4.78 is 10.4. The molecule has 1 aliphatic heterocycles. The predicted octanol–water partition coefficient (Wildman–Crippen LogP) is 2.78. The topological polar surface area (TPSA) is 71.5 Å². The van der Waals surface area contributed by atoms with Crippen LogP contribution in [0.1, 0.15) is 37.2 Å². The van der Waals surface area contributed by atoms with Crippen molar-refractivity contribution in [3.05, 3.63) is 30.2 Å². The van der Waals surface area contributed by atoms with Crippen molar-refractivity contribution in [1.29, 1.82) is 0 Å². The lowest BCUT2D eigenvalue weighted by Crippen LogP contribution is -2.45. The van der Waals surface area contributed by atoms with E-state index in [0.29, 0.717) is 30.0 Å². The number of nitrogens with one attached hydrogen (secondary N) is 1. The van der Waals surface area contributed by atoms with Crippen LogP contribution in [0.2, 0.25) is 0 Å². The van der Waals surface area contributed by atoms with Crippen molar-refractivity contribution in [1.82, 2.24) is 15.4 Å². The van der Waals surface area contributed by atoms with Gasteiger partial charge in [0, 0.05) is 18.7 Å². The Morgan fingerprint density at radius 1 is 1.35 bits per heavy atom. The lowest BCUT2D eigenvalue weighted by Gasteiger charge is -2.30. The highest BCUT2D eigenvalue weighted by Crippen LogP contribution is 2.21. The quantitative estimate of drug-likeness (QED) is 0.887. The summed E-state index contributed by atoms with van der Waals surface area (Å²) >= 11 is 0. The molecule has 0 spiro atoms. The third-order valence-electron chi connectivity index (χ3n) is 4.36. The second-order valence-electron chi connectivity index (χ2n) is 6.32. The second-order valence-corrected chi connectivity index (χ2v) is 6.32. The zero-order chi connectivity index (χ0) is 16.2. The van der Waals surface area contributed by atoms with E-state index in [1.54, 1.807) is 24.5 Å². The maximum absolute atomic E-state index is 12.3. The first-order valence-corrected chi connectivity index (χ1v) is 8.18. The van der Waals surface area contributed by atoms with Crippen molar-refractivity contribution in [2.75, 3.05) is 19.6 Å². The SMILES string of the molecule is CC(C)C(CNC(=O)c1cc(-c2ccco2)on1)N1CCCC1. The fourth-order valence-corrected chi connectivity index (χ4v) is 3.06. The van der Waals surface area contributed by atoms with Crippen LogP contribution < -0.4 is 5.32 Å². The molecular weight excluding hydrogens is 294 g/mol. The fourth-order valence-electron chi connectivity index (χ4n) is 3.06. The van der Waals surface area contributed by atoms with Gasteiger partial charge in [-0.15, -0.1) is 0 Å². The van der Waals surface area contributed by atoms with Gasteiger partial charge in [-0.1, -0.05) is 19.0 Å². The molecule has 2 aromatic heterocycles. The Hall–Kier alpha value is -2.08. The van der Waals surface area contributed by atoms with E-state index >= 15 is 0 Å². The first-order chi connectivity index (χ1) is 11.1. The van der Waals surface area contributed by atoms with E-state index in [4.69, 9.17) is 8.94 Å². The molecule has 0 radical (unpaired) electrons. The summed E-state index contributed by atoms with van der Waals surface area (Å²) in [5.41, 5.74) is 0.278. The van der Waals surface area contributed by atoms with Crippen LogP contribution in [0.4, 0.5) is 0 Å². The van der Waals surface area contributed by atoms with E-state index in [1.807, 2.05) is 0 Å². The number of furan rings is 1. The van der Waals surface area contributed by atoms with Gasteiger partial charge in [0.1, 0.15) is 0 Å². The molecule has 1 fully saturated rings. The largest absolute Gasteiger partial charge is 0.461 e. The van der Waals surface area contributed by atoms with Crippen molar-refractivity contribution >= 4 is 5.91 Å². The zero-order valence-electron chi connectivity index (χ0n) is 13.6. The molecule has 0 bridgehead atoms. The maximum Gasteiger partial charge on any atom is 0.273 e. The molecule has 0 aromatic carbocycles. The number of likely N-dealkylation sites (tertiary alicyclic amines) is 1. The summed E-state index contributed by atoms with van der Waals surface area (Å²) in [6.07, 6.45) is 4.04. The summed E-state index contributed by atoms with van der Waals surface area (Å²) in [6.45, 7) is 7.25. The van der Waals surface area contributed by atoms with E-state index in [-0.39, 0.29) is 11.6 Å². The number of nitrogens with zero attached hydrogens (tertiary/aromatic N) is 2. The van der Waals surface area contributed by atoms with Crippen LogP contribution in [0.25, 0.3) is 11.5 Å². The molecule has 1 N–H and O–H groups in total. The fraction of sp³-hybridized carbons (Fsp3) is 0.529. The molecule has 0 saturated carbocycles. The first-order valence-electron chi connectivity index (χ1n) is 8.18. The van der Waals surface area contributed by atoms with Crippen molar-refractivity contribution < 1.29 is 13.7 Å². The molecule has 3 rings (SSSR count). The number of rotatable bonds is 6. The van der Waals surface area contributed by atoms with Crippen molar-refractivity contribution in [3.63, 3.8) is 0 Å². The Morgan fingerprint density at radius 2 is 2.13 bits per heavy atom. The van der Waals surface area contributed by atoms with E-state index in [1.165, 1.54) is 12.8 Å². The summed E-state index contributed by atoms with van der Waals surface area (Å²) in [5, 5.41) is 6.81. The highest BCUT2D eigenvalue weighted by molar-refractivity contribution is 5.92. The van der Waals surface area contributed by atoms with Crippen LogP contribution in [-0.4, -0.2) is 41.6 Å². The molecule has 1 amide bonds. The number of carbonyl (C=O) groups is 1. The number of hydrogen-bond donors (Lipinski definition) is 1. The monoisotopic (exact) mass is 317 g/mol. The minimum atomic E-state index is -0.212. The first kappa shape index (κ1) is 15.8. The second kappa shape index (κ2) is 7.00. The average molecular weight is 317 g/mol. The van der Waals surface area contributed by atoms with Crippen LogP contribution in [0.5, 0.6) is 0 Å². The van der Waals surface area contributed by atoms with Crippen LogP contribution in [0, 0.1) is 5.92 Å². The molecule has 1 saturated heterocycles. The predicted molar refractivity (Wildman–Crippen MR) is 86.0 cm³/mol. The summed E-state index contributed by atoms with van der Waals surface area (Å²) in [5.74, 6) is 1.30. The summed E-state index contributed by atoms with van der Waals surface area (Å²) in [7, 11) is 0. The molecule has 6 nitrogen and oxygen atoms in total. The van der Waals surface area contributed by atoms with Gasteiger partial charge < -0.3 is 14.3 Å². The van der Waals surface area contributed by atoms with Crippen molar-refractivity contribution in [2.45, 2.75) is 32.7 Å². The smallest absolute Gasteiger partial charge is 0.273 e. The number of aromatic nitrogens is 1.